The van der Waals surface area contributed by atoms with Crippen molar-refractivity contribution in [1.29, 1.82) is 0 Å². The van der Waals surface area contributed by atoms with Gasteiger partial charge >= 0.3 is 6.09 Å². The van der Waals surface area contributed by atoms with Crippen LogP contribution in [0.25, 0.3) is 0 Å². The average molecular weight is 291 g/mol. The molecule has 0 aromatic carbocycles. The lowest BCUT2D eigenvalue weighted by Gasteiger charge is -2.40. The predicted octanol–water partition coefficient (Wildman–Crippen LogP) is 2.52. The molecule has 116 valence electrons. The molecule has 1 aliphatic heterocycles. The normalized spacial score (nSPS) is 20.4. The van der Waals surface area contributed by atoms with Crippen LogP contribution in [0, 0.1) is 0 Å². The fourth-order valence-electron chi connectivity index (χ4n) is 2.42. The van der Waals surface area contributed by atoms with Crippen LogP contribution in [0.1, 0.15) is 33.4 Å². The first kappa shape index (κ1) is 15.8. The molecule has 0 unspecified atom stereocenters. The van der Waals surface area contributed by atoms with Crippen molar-refractivity contribution in [3.63, 3.8) is 0 Å². The van der Waals surface area contributed by atoms with Crippen molar-refractivity contribution in [3.05, 3.63) is 30.1 Å². The summed E-state index contributed by atoms with van der Waals surface area (Å²) in [5.41, 5.74) is 0.626. The SMILES string of the molecule is C[C@H]1CN(C(=O)OC(C)(C)C)CCN1Cc1ccccn1. The van der Waals surface area contributed by atoms with Crippen molar-refractivity contribution in [2.24, 2.45) is 0 Å². The number of hydrogen-bond acceptors (Lipinski definition) is 4. The van der Waals surface area contributed by atoms with Crippen LogP contribution in [0.2, 0.25) is 0 Å². The van der Waals surface area contributed by atoms with Gasteiger partial charge in [0, 0.05) is 38.4 Å². The van der Waals surface area contributed by atoms with Crippen LogP contribution >= 0.6 is 0 Å². The van der Waals surface area contributed by atoms with E-state index in [-0.39, 0.29) is 6.09 Å². The summed E-state index contributed by atoms with van der Waals surface area (Å²) in [6, 6.07) is 6.26. The monoisotopic (exact) mass is 291 g/mol. The molecule has 0 N–H and O–H groups in total. The Labute approximate surface area is 126 Å². The molecule has 5 heteroatoms. The molecule has 1 aliphatic rings. The highest BCUT2D eigenvalue weighted by atomic mass is 16.6. The van der Waals surface area contributed by atoms with Gasteiger partial charge in [0.05, 0.1) is 5.69 Å². The maximum absolute atomic E-state index is 12.1. The summed E-state index contributed by atoms with van der Waals surface area (Å²) in [6.07, 6.45) is 1.60. The Bertz CT molecular complexity index is 470. The van der Waals surface area contributed by atoms with Crippen LogP contribution in [0.5, 0.6) is 0 Å². The second-order valence-corrected chi connectivity index (χ2v) is 6.57. The highest BCUT2D eigenvalue weighted by Gasteiger charge is 2.29. The van der Waals surface area contributed by atoms with Gasteiger partial charge in [-0.15, -0.1) is 0 Å². The predicted molar refractivity (Wildman–Crippen MR) is 81.9 cm³/mol. The number of amides is 1. The second kappa shape index (κ2) is 6.43. The number of aromatic nitrogens is 1. The van der Waals surface area contributed by atoms with Gasteiger partial charge < -0.3 is 9.64 Å². The molecule has 1 saturated heterocycles. The first-order valence-corrected chi connectivity index (χ1v) is 7.47. The smallest absolute Gasteiger partial charge is 0.410 e. The number of carbonyl (C=O) groups excluding carboxylic acids is 1. The van der Waals surface area contributed by atoms with Crippen molar-refractivity contribution >= 4 is 6.09 Å². The Kier molecular flexibility index (Phi) is 4.83. The molecule has 1 aromatic rings. The third kappa shape index (κ3) is 4.70. The fourth-order valence-corrected chi connectivity index (χ4v) is 2.42. The van der Waals surface area contributed by atoms with E-state index in [1.54, 1.807) is 4.90 Å². The van der Waals surface area contributed by atoms with Gasteiger partial charge in [0.25, 0.3) is 0 Å². The number of hydrogen-bond donors (Lipinski definition) is 0. The van der Waals surface area contributed by atoms with E-state index in [1.807, 2.05) is 45.2 Å². The van der Waals surface area contributed by atoms with Crippen molar-refractivity contribution in [1.82, 2.24) is 14.8 Å². The molecule has 2 rings (SSSR count). The van der Waals surface area contributed by atoms with Gasteiger partial charge in [-0.1, -0.05) is 6.07 Å². The molecule has 1 fully saturated rings. The molecular weight excluding hydrogens is 266 g/mol. The minimum atomic E-state index is -0.439. The van der Waals surface area contributed by atoms with Crippen LogP contribution in [-0.2, 0) is 11.3 Å². The summed E-state index contributed by atoms with van der Waals surface area (Å²) < 4.78 is 5.44. The lowest BCUT2D eigenvalue weighted by Crippen LogP contribution is -2.54. The van der Waals surface area contributed by atoms with E-state index in [2.05, 4.69) is 16.8 Å². The first-order chi connectivity index (χ1) is 9.85. The molecule has 0 saturated carbocycles. The molecule has 0 spiro atoms. The molecule has 21 heavy (non-hydrogen) atoms. The number of ether oxygens (including phenoxy) is 1. The summed E-state index contributed by atoms with van der Waals surface area (Å²) in [7, 11) is 0. The average Bonchev–Trinajstić information content (AvgIpc) is 2.40. The molecule has 1 atom stereocenters. The largest absolute Gasteiger partial charge is 0.444 e. The van der Waals surface area contributed by atoms with Gasteiger partial charge in [0.2, 0.25) is 0 Å². The molecule has 5 nitrogen and oxygen atoms in total. The third-order valence-electron chi connectivity index (χ3n) is 3.51. The van der Waals surface area contributed by atoms with E-state index >= 15 is 0 Å². The van der Waals surface area contributed by atoms with Gasteiger partial charge in [-0.3, -0.25) is 9.88 Å². The highest BCUT2D eigenvalue weighted by Crippen LogP contribution is 2.16. The molecule has 2 heterocycles. The van der Waals surface area contributed by atoms with Crippen molar-refractivity contribution < 1.29 is 9.53 Å². The van der Waals surface area contributed by atoms with Gasteiger partial charge in [-0.2, -0.15) is 0 Å². The summed E-state index contributed by atoms with van der Waals surface area (Å²) in [4.78, 5) is 20.6. The summed E-state index contributed by atoms with van der Waals surface area (Å²) in [5.74, 6) is 0. The van der Waals surface area contributed by atoms with Gasteiger partial charge in [-0.25, -0.2) is 4.79 Å². The second-order valence-electron chi connectivity index (χ2n) is 6.57. The lowest BCUT2D eigenvalue weighted by atomic mass is 10.1. The van der Waals surface area contributed by atoms with E-state index in [4.69, 9.17) is 4.74 Å². The number of pyridine rings is 1. The van der Waals surface area contributed by atoms with E-state index < -0.39 is 5.60 Å². The van der Waals surface area contributed by atoms with Crippen molar-refractivity contribution in [2.45, 2.75) is 45.9 Å². The molecule has 0 radical (unpaired) electrons. The Hall–Kier alpha value is -1.62. The molecule has 0 aliphatic carbocycles. The summed E-state index contributed by atoms with van der Waals surface area (Å²) >= 11 is 0. The van der Waals surface area contributed by atoms with Crippen LogP contribution in [0.3, 0.4) is 0 Å². The third-order valence-corrected chi connectivity index (χ3v) is 3.51. The van der Waals surface area contributed by atoms with E-state index in [0.717, 1.165) is 18.8 Å². The minimum absolute atomic E-state index is 0.216. The topological polar surface area (TPSA) is 45.7 Å². The van der Waals surface area contributed by atoms with Gasteiger partial charge in [0.15, 0.2) is 0 Å². The zero-order chi connectivity index (χ0) is 15.5. The van der Waals surface area contributed by atoms with Crippen LogP contribution in [0.4, 0.5) is 4.79 Å². The fraction of sp³-hybridized carbons (Fsp3) is 0.625. The van der Waals surface area contributed by atoms with Crippen molar-refractivity contribution in [3.8, 4) is 0 Å². The van der Waals surface area contributed by atoms with E-state index in [0.29, 0.717) is 19.1 Å². The first-order valence-electron chi connectivity index (χ1n) is 7.47. The van der Waals surface area contributed by atoms with E-state index in [1.165, 1.54) is 0 Å². The van der Waals surface area contributed by atoms with Crippen molar-refractivity contribution in [2.75, 3.05) is 19.6 Å². The molecule has 1 aromatic heterocycles. The Morgan fingerprint density at radius 3 is 2.71 bits per heavy atom. The summed E-state index contributed by atoms with van der Waals surface area (Å²) in [6.45, 7) is 10.9. The quantitative estimate of drug-likeness (QED) is 0.840. The minimum Gasteiger partial charge on any atom is -0.444 e. The number of nitrogens with zero attached hydrogens (tertiary/aromatic N) is 3. The van der Waals surface area contributed by atoms with E-state index in [9.17, 15) is 4.79 Å². The lowest BCUT2D eigenvalue weighted by molar-refractivity contribution is 0.00445. The van der Waals surface area contributed by atoms with Crippen LogP contribution in [0.15, 0.2) is 24.4 Å². The Morgan fingerprint density at radius 1 is 1.38 bits per heavy atom. The standard InChI is InChI=1S/C16H25N3O2/c1-13-11-19(15(20)21-16(2,3)4)10-9-18(13)12-14-7-5-6-8-17-14/h5-8,13H,9-12H2,1-4H3/t13-/m0/s1. The van der Waals surface area contributed by atoms with Gasteiger partial charge in [0.1, 0.15) is 5.60 Å². The Morgan fingerprint density at radius 2 is 2.14 bits per heavy atom. The molecule has 1 amide bonds. The summed E-state index contributed by atoms with van der Waals surface area (Å²) in [5, 5.41) is 0. The maximum atomic E-state index is 12.1. The van der Waals surface area contributed by atoms with Crippen LogP contribution in [-0.4, -0.2) is 52.2 Å². The number of rotatable bonds is 2. The van der Waals surface area contributed by atoms with Gasteiger partial charge in [-0.05, 0) is 39.8 Å². The zero-order valence-electron chi connectivity index (χ0n) is 13.4. The Balaban J connectivity index is 1.89. The number of piperazine rings is 1. The zero-order valence-corrected chi connectivity index (χ0v) is 13.4. The maximum Gasteiger partial charge on any atom is 0.410 e. The molecule has 0 bridgehead atoms. The van der Waals surface area contributed by atoms with Crippen LogP contribution < -0.4 is 0 Å². The highest BCUT2D eigenvalue weighted by molar-refractivity contribution is 5.68. The number of carbonyl (C=O) groups is 1. The molecular formula is C16H25N3O2.